The molecule has 0 saturated carbocycles. The number of rotatable bonds is 5. The van der Waals surface area contributed by atoms with Crippen molar-refractivity contribution in [2.45, 2.75) is 24.3 Å². The number of ether oxygens (including phenoxy) is 1. The highest BCUT2D eigenvalue weighted by molar-refractivity contribution is 6.23. The summed E-state index contributed by atoms with van der Waals surface area (Å²) in [7, 11) is 1.14. The first-order valence-electron chi connectivity index (χ1n) is 5.70. The van der Waals surface area contributed by atoms with E-state index >= 15 is 0 Å². The normalized spacial score (nSPS) is 15.6. The fraction of sp³-hybridized carbons (Fsp3) is 0.417. The second kappa shape index (κ2) is 6.43. The van der Waals surface area contributed by atoms with Crippen molar-refractivity contribution in [1.29, 1.82) is 0 Å². The van der Waals surface area contributed by atoms with E-state index < -0.39 is 34.3 Å². The van der Waals surface area contributed by atoms with Crippen LogP contribution in [-0.2, 0) is 15.1 Å². The molecule has 0 aliphatic carbocycles. The van der Waals surface area contributed by atoms with Gasteiger partial charge in [-0.3, -0.25) is 10.2 Å². The molecule has 2 unspecified atom stereocenters. The van der Waals surface area contributed by atoms with Crippen LogP contribution in [0.5, 0.6) is 0 Å². The molecule has 0 fully saturated rings. The fourth-order valence-corrected chi connectivity index (χ4v) is 2.27. The number of nitrogens with one attached hydrogen (secondary N) is 1. The lowest BCUT2D eigenvalue weighted by molar-refractivity contribution is -0.145. The Morgan fingerprint density at radius 1 is 1.45 bits per heavy atom. The van der Waals surface area contributed by atoms with Gasteiger partial charge in [-0.15, -0.1) is 11.6 Å². The Kier molecular flexibility index (Phi) is 5.38. The van der Waals surface area contributed by atoms with Gasteiger partial charge in [0.15, 0.2) is 23.1 Å². The molecule has 0 radical (unpaired) electrons. The van der Waals surface area contributed by atoms with E-state index in [2.05, 4.69) is 0 Å². The van der Waals surface area contributed by atoms with E-state index in [1.807, 2.05) is 5.43 Å². The van der Waals surface area contributed by atoms with Crippen LogP contribution in [0.15, 0.2) is 12.1 Å². The molecule has 2 atom stereocenters. The molecule has 0 aromatic heterocycles. The van der Waals surface area contributed by atoms with Gasteiger partial charge in [0.2, 0.25) is 0 Å². The smallest absolute Gasteiger partial charge is 0.272 e. The van der Waals surface area contributed by atoms with Crippen LogP contribution in [0.2, 0.25) is 0 Å². The summed E-state index contributed by atoms with van der Waals surface area (Å²) in [6.07, 6.45) is 0.240. The number of carbonyl (C=O) groups excluding carboxylic acids is 1. The quantitative estimate of drug-likeness (QED) is 0.287. The predicted molar refractivity (Wildman–Crippen MR) is 67.3 cm³/mol. The molecule has 8 heteroatoms. The van der Waals surface area contributed by atoms with Gasteiger partial charge in [0.25, 0.3) is 5.91 Å². The van der Waals surface area contributed by atoms with E-state index in [0.29, 0.717) is 12.1 Å². The zero-order chi connectivity index (χ0) is 15.5. The fourth-order valence-electron chi connectivity index (χ4n) is 1.96. The Labute approximate surface area is 119 Å². The lowest BCUT2D eigenvalue weighted by atomic mass is 9.87. The van der Waals surface area contributed by atoms with Crippen LogP contribution in [0.3, 0.4) is 0 Å². The van der Waals surface area contributed by atoms with E-state index in [4.69, 9.17) is 22.2 Å². The summed E-state index contributed by atoms with van der Waals surface area (Å²) in [6.45, 7) is 1.64. The van der Waals surface area contributed by atoms with Crippen LogP contribution in [0.25, 0.3) is 0 Å². The number of halogens is 4. The van der Waals surface area contributed by atoms with Gasteiger partial charge in [0.05, 0.1) is 5.38 Å². The zero-order valence-electron chi connectivity index (χ0n) is 10.8. The van der Waals surface area contributed by atoms with Crippen molar-refractivity contribution in [3.05, 3.63) is 35.1 Å². The van der Waals surface area contributed by atoms with Crippen molar-refractivity contribution in [2.75, 3.05) is 7.11 Å². The van der Waals surface area contributed by atoms with Crippen LogP contribution < -0.4 is 11.3 Å². The Balaban J connectivity index is 3.56. The number of hydrogen-bond acceptors (Lipinski definition) is 3. The molecule has 0 bridgehead atoms. The van der Waals surface area contributed by atoms with Gasteiger partial charge in [0, 0.05) is 12.7 Å². The van der Waals surface area contributed by atoms with E-state index in [0.717, 1.165) is 7.11 Å². The third-order valence-corrected chi connectivity index (χ3v) is 3.62. The average molecular weight is 311 g/mol. The number of methoxy groups -OCH3 is 1. The van der Waals surface area contributed by atoms with Crippen molar-refractivity contribution in [1.82, 2.24) is 5.43 Å². The maximum Gasteiger partial charge on any atom is 0.272 e. The average Bonchev–Trinajstić information content (AvgIpc) is 2.45. The van der Waals surface area contributed by atoms with Gasteiger partial charge in [-0.1, -0.05) is 6.92 Å². The Morgan fingerprint density at radius 3 is 2.30 bits per heavy atom. The molecule has 0 saturated heterocycles. The summed E-state index contributed by atoms with van der Waals surface area (Å²) < 4.78 is 44.8. The van der Waals surface area contributed by atoms with Crippen molar-refractivity contribution >= 4 is 17.5 Å². The monoisotopic (exact) mass is 310 g/mol. The first-order chi connectivity index (χ1) is 9.34. The van der Waals surface area contributed by atoms with Crippen LogP contribution in [-0.4, -0.2) is 18.4 Å². The van der Waals surface area contributed by atoms with Crippen molar-refractivity contribution in [2.24, 2.45) is 5.84 Å². The minimum Gasteiger partial charge on any atom is -0.362 e. The molecule has 1 amide bonds. The predicted octanol–water partition coefficient (Wildman–Crippen LogP) is 1.95. The molecule has 4 nitrogen and oxygen atoms in total. The first kappa shape index (κ1) is 16.7. The number of nitrogens with two attached hydrogens (primary N) is 1. The van der Waals surface area contributed by atoms with Crippen molar-refractivity contribution in [3.63, 3.8) is 0 Å². The SMILES string of the molecule is CCC(Cl)C(OC)(C(=O)NN)c1cc(F)c(F)c(F)c1. The standard InChI is InChI=1S/C12H14ClF3N2O2/c1-3-9(13)12(20-2,11(19)18-17)6-4-7(14)10(16)8(15)5-6/h4-5,9H,3,17H2,1-2H3,(H,18,19). The largest absolute Gasteiger partial charge is 0.362 e. The maximum atomic E-state index is 13.4. The molecule has 112 valence electrons. The van der Waals surface area contributed by atoms with Gasteiger partial charge >= 0.3 is 0 Å². The Hall–Kier alpha value is -1.31. The molecule has 0 aliphatic heterocycles. The minimum absolute atomic E-state index is 0.240. The minimum atomic E-state index is -1.93. The van der Waals surface area contributed by atoms with Crippen molar-refractivity contribution in [3.8, 4) is 0 Å². The number of hydrazine groups is 1. The van der Waals surface area contributed by atoms with E-state index in [1.165, 1.54) is 0 Å². The van der Waals surface area contributed by atoms with Crippen LogP contribution in [0.4, 0.5) is 13.2 Å². The summed E-state index contributed by atoms with van der Waals surface area (Å²) >= 11 is 6.06. The van der Waals surface area contributed by atoms with Crippen LogP contribution in [0.1, 0.15) is 18.9 Å². The molecule has 3 N–H and O–H groups in total. The lowest BCUT2D eigenvalue weighted by Crippen LogP contribution is -2.53. The number of alkyl halides is 1. The number of amides is 1. The molecule has 0 aliphatic rings. The molecule has 1 aromatic carbocycles. The summed E-state index contributed by atoms with van der Waals surface area (Å²) in [4.78, 5) is 12.0. The summed E-state index contributed by atoms with van der Waals surface area (Å²) in [5.41, 5.74) is -0.356. The second-order valence-electron chi connectivity index (χ2n) is 4.04. The Morgan fingerprint density at radius 2 is 1.95 bits per heavy atom. The van der Waals surface area contributed by atoms with Crippen molar-refractivity contribution < 1.29 is 22.7 Å². The zero-order valence-corrected chi connectivity index (χ0v) is 11.6. The molecule has 20 heavy (non-hydrogen) atoms. The van der Waals surface area contributed by atoms with Gasteiger partial charge < -0.3 is 4.74 Å². The number of hydrogen-bond donors (Lipinski definition) is 2. The molecular formula is C12H14ClF3N2O2. The van der Waals surface area contributed by atoms with Gasteiger partial charge in [0.1, 0.15) is 0 Å². The highest BCUT2D eigenvalue weighted by Crippen LogP contribution is 2.36. The van der Waals surface area contributed by atoms with Crippen LogP contribution in [0, 0.1) is 17.5 Å². The highest BCUT2D eigenvalue weighted by atomic mass is 35.5. The molecule has 0 heterocycles. The molecule has 0 spiro atoms. The lowest BCUT2D eigenvalue weighted by Gasteiger charge is -2.34. The van der Waals surface area contributed by atoms with E-state index in [9.17, 15) is 18.0 Å². The summed E-state index contributed by atoms with van der Waals surface area (Å²) in [5.74, 6) is -0.375. The van der Waals surface area contributed by atoms with Crippen LogP contribution >= 0.6 is 11.6 Å². The molecule has 1 rings (SSSR count). The molecule has 1 aromatic rings. The highest BCUT2D eigenvalue weighted by Gasteiger charge is 2.47. The van der Waals surface area contributed by atoms with E-state index in [1.54, 1.807) is 6.92 Å². The Bertz CT molecular complexity index is 492. The van der Waals surface area contributed by atoms with Gasteiger partial charge in [-0.05, 0) is 18.6 Å². The van der Waals surface area contributed by atoms with E-state index in [-0.39, 0.29) is 12.0 Å². The second-order valence-corrected chi connectivity index (χ2v) is 4.57. The number of carbonyl (C=O) groups is 1. The topological polar surface area (TPSA) is 64.3 Å². The maximum absolute atomic E-state index is 13.4. The van der Waals surface area contributed by atoms with Gasteiger partial charge in [-0.25, -0.2) is 19.0 Å². The summed E-state index contributed by atoms with van der Waals surface area (Å²) in [5, 5.41) is -0.972. The number of benzene rings is 1. The molecular weight excluding hydrogens is 297 g/mol. The summed E-state index contributed by atoms with van der Waals surface area (Å²) in [6, 6.07) is 1.31. The van der Waals surface area contributed by atoms with Gasteiger partial charge in [-0.2, -0.15) is 0 Å². The first-order valence-corrected chi connectivity index (χ1v) is 6.14. The third-order valence-electron chi connectivity index (χ3n) is 3.00. The third kappa shape index (κ3) is 2.61.